The molecule has 0 aromatic heterocycles. The lowest BCUT2D eigenvalue weighted by atomic mass is 9.76. The fourth-order valence-electron chi connectivity index (χ4n) is 4.86. The highest BCUT2D eigenvalue weighted by Crippen LogP contribution is 2.51. The van der Waals surface area contributed by atoms with E-state index in [1.807, 2.05) is 6.07 Å². The second-order valence-electron chi connectivity index (χ2n) is 8.09. The molecule has 0 saturated heterocycles. The molecule has 0 N–H and O–H groups in total. The maximum absolute atomic E-state index is 12.5. The predicted octanol–water partition coefficient (Wildman–Crippen LogP) is 5.32. The van der Waals surface area contributed by atoms with Crippen LogP contribution in [0, 0.1) is 0 Å². The lowest BCUT2D eigenvalue weighted by Crippen LogP contribution is -2.38. The van der Waals surface area contributed by atoms with Gasteiger partial charge in [-0.1, -0.05) is 44.5 Å². The van der Waals surface area contributed by atoms with Crippen LogP contribution in [0.25, 0.3) is 11.1 Å². The Kier molecular flexibility index (Phi) is 5.91. The van der Waals surface area contributed by atoms with Crippen LogP contribution in [0.15, 0.2) is 30.3 Å². The highest BCUT2D eigenvalue weighted by atomic mass is 16.6. The molecule has 0 bridgehead atoms. The summed E-state index contributed by atoms with van der Waals surface area (Å²) >= 11 is 0. The van der Waals surface area contributed by atoms with E-state index in [0.29, 0.717) is 24.0 Å². The molecule has 4 nitrogen and oxygen atoms in total. The summed E-state index contributed by atoms with van der Waals surface area (Å²) in [6, 6.07) is 11.1. The van der Waals surface area contributed by atoms with Crippen molar-refractivity contribution in [3.63, 3.8) is 0 Å². The third-order valence-electron chi connectivity index (χ3n) is 6.21. The minimum absolute atomic E-state index is 0.182. The van der Waals surface area contributed by atoms with E-state index >= 15 is 0 Å². The summed E-state index contributed by atoms with van der Waals surface area (Å²) in [5, 5.41) is 0. The molecule has 2 aromatic rings. The zero-order chi connectivity index (χ0) is 20.4. The fourth-order valence-corrected chi connectivity index (χ4v) is 4.86. The first-order chi connectivity index (χ1) is 14.2. The summed E-state index contributed by atoms with van der Waals surface area (Å²) in [6.07, 6.45) is 5.42. The first kappa shape index (κ1) is 20.0. The van der Waals surface area contributed by atoms with Gasteiger partial charge in [0.25, 0.3) is 0 Å². The summed E-state index contributed by atoms with van der Waals surface area (Å²) in [7, 11) is 1.64. The van der Waals surface area contributed by atoms with Crippen molar-refractivity contribution >= 4 is 5.97 Å². The number of ether oxygens (including phenoxy) is 2. The molecule has 1 heterocycles. The lowest BCUT2D eigenvalue weighted by molar-refractivity contribution is -0.134. The average molecular weight is 394 g/mol. The first-order valence-electron chi connectivity index (χ1n) is 10.9. The SMILES string of the molecule is CCCCC(=O)Oc1c(OC)ccc2c1-c1cccc3c1C(C2)N(CCC)CC3. The van der Waals surface area contributed by atoms with Crippen molar-refractivity contribution in [1.29, 1.82) is 0 Å². The Morgan fingerprint density at radius 1 is 1.14 bits per heavy atom. The van der Waals surface area contributed by atoms with Crippen molar-refractivity contribution in [3.05, 3.63) is 47.0 Å². The molecular weight excluding hydrogens is 362 g/mol. The Balaban J connectivity index is 1.82. The Labute approximate surface area is 173 Å². The molecule has 29 heavy (non-hydrogen) atoms. The van der Waals surface area contributed by atoms with Crippen LogP contribution in [0.4, 0.5) is 0 Å². The lowest BCUT2D eigenvalue weighted by Gasteiger charge is -2.42. The van der Waals surface area contributed by atoms with Gasteiger partial charge < -0.3 is 9.47 Å². The number of rotatable bonds is 7. The van der Waals surface area contributed by atoms with E-state index in [0.717, 1.165) is 50.8 Å². The maximum Gasteiger partial charge on any atom is 0.311 e. The number of benzene rings is 2. The van der Waals surface area contributed by atoms with Gasteiger partial charge in [0.2, 0.25) is 0 Å². The molecule has 1 aliphatic heterocycles. The second-order valence-corrected chi connectivity index (χ2v) is 8.09. The van der Waals surface area contributed by atoms with Crippen molar-refractivity contribution in [2.24, 2.45) is 0 Å². The monoisotopic (exact) mass is 393 g/mol. The van der Waals surface area contributed by atoms with Gasteiger partial charge in [-0.05, 0) is 60.5 Å². The average Bonchev–Trinajstić information content (AvgIpc) is 2.74. The topological polar surface area (TPSA) is 38.8 Å². The number of esters is 1. The van der Waals surface area contributed by atoms with Crippen LogP contribution in [0.3, 0.4) is 0 Å². The molecule has 4 heteroatoms. The van der Waals surface area contributed by atoms with Crippen LogP contribution >= 0.6 is 0 Å². The highest BCUT2D eigenvalue weighted by molar-refractivity contribution is 5.86. The van der Waals surface area contributed by atoms with E-state index in [1.165, 1.54) is 22.3 Å². The van der Waals surface area contributed by atoms with Crippen molar-refractivity contribution in [2.75, 3.05) is 20.2 Å². The Morgan fingerprint density at radius 3 is 2.76 bits per heavy atom. The summed E-state index contributed by atoms with van der Waals surface area (Å²) < 4.78 is 11.5. The van der Waals surface area contributed by atoms with Crippen LogP contribution in [0.5, 0.6) is 11.5 Å². The van der Waals surface area contributed by atoms with Crippen LogP contribution in [-0.4, -0.2) is 31.1 Å². The summed E-state index contributed by atoms with van der Waals surface area (Å²) in [4.78, 5) is 15.1. The van der Waals surface area contributed by atoms with Crippen molar-refractivity contribution in [1.82, 2.24) is 4.90 Å². The molecular formula is C25H31NO3. The van der Waals surface area contributed by atoms with E-state index in [-0.39, 0.29) is 5.97 Å². The van der Waals surface area contributed by atoms with E-state index in [1.54, 1.807) is 7.11 Å². The molecule has 0 saturated carbocycles. The Morgan fingerprint density at radius 2 is 2.00 bits per heavy atom. The molecule has 0 amide bonds. The molecule has 1 aliphatic carbocycles. The number of nitrogens with zero attached hydrogens (tertiary/aromatic N) is 1. The van der Waals surface area contributed by atoms with Gasteiger partial charge in [0.05, 0.1) is 7.11 Å². The van der Waals surface area contributed by atoms with Gasteiger partial charge in [-0.2, -0.15) is 0 Å². The number of methoxy groups -OCH3 is 1. The van der Waals surface area contributed by atoms with Crippen molar-refractivity contribution in [3.8, 4) is 22.6 Å². The molecule has 154 valence electrons. The summed E-state index contributed by atoms with van der Waals surface area (Å²) in [6.45, 7) is 6.55. The molecule has 0 spiro atoms. The molecule has 2 aromatic carbocycles. The standard InChI is InChI=1S/C25H31NO3/c1-4-6-10-22(27)29-25-21(28-3)12-11-18-16-20-23-17(13-15-26(20)14-5-2)8-7-9-19(23)24(18)25/h7-9,11-12,20H,4-6,10,13-16H2,1-3H3. The van der Waals surface area contributed by atoms with Gasteiger partial charge in [-0.15, -0.1) is 0 Å². The molecule has 2 aliphatic rings. The van der Waals surface area contributed by atoms with Crippen molar-refractivity contribution < 1.29 is 14.3 Å². The number of fused-ring (bicyclic) bond motifs is 2. The zero-order valence-electron chi connectivity index (χ0n) is 17.8. The van der Waals surface area contributed by atoms with Gasteiger partial charge in [0, 0.05) is 24.6 Å². The summed E-state index contributed by atoms with van der Waals surface area (Å²) in [5.41, 5.74) is 6.32. The quantitative estimate of drug-likeness (QED) is 0.471. The third kappa shape index (κ3) is 3.66. The van der Waals surface area contributed by atoms with Gasteiger partial charge in [-0.3, -0.25) is 9.69 Å². The predicted molar refractivity (Wildman–Crippen MR) is 116 cm³/mol. The minimum atomic E-state index is -0.182. The van der Waals surface area contributed by atoms with Gasteiger partial charge in [0.1, 0.15) is 0 Å². The normalized spacial score (nSPS) is 17.4. The van der Waals surface area contributed by atoms with Gasteiger partial charge in [-0.25, -0.2) is 0 Å². The summed E-state index contributed by atoms with van der Waals surface area (Å²) in [5.74, 6) is 1.04. The van der Waals surface area contributed by atoms with E-state index in [9.17, 15) is 4.79 Å². The number of hydrogen-bond acceptors (Lipinski definition) is 4. The van der Waals surface area contributed by atoms with E-state index in [2.05, 4.69) is 43.0 Å². The van der Waals surface area contributed by atoms with E-state index < -0.39 is 0 Å². The Bertz CT molecular complexity index is 905. The number of carbonyl (C=O) groups excluding carboxylic acids is 1. The number of hydrogen-bond donors (Lipinski definition) is 0. The Hall–Kier alpha value is -2.33. The van der Waals surface area contributed by atoms with Crippen LogP contribution in [0.2, 0.25) is 0 Å². The second kappa shape index (κ2) is 8.58. The molecule has 1 unspecified atom stereocenters. The molecule has 0 fully saturated rings. The molecule has 0 radical (unpaired) electrons. The largest absolute Gasteiger partial charge is 0.493 e. The molecule has 4 rings (SSSR count). The van der Waals surface area contributed by atoms with Crippen molar-refractivity contribution in [2.45, 2.75) is 58.4 Å². The van der Waals surface area contributed by atoms with E-state index in [4.69, 9.17) is 9.47 Å². The first-order valence-corrected chi connectivity index (χ1v) is 10.9. The zero-order valence-corrected chi connectivity index (χ0v) is 17.8. The van der Waals surface area contributed by atoms with Gasteiger partial charge >= 0.3 is 5.97 Å². The third-order valence-corrected chi connectivity index (χ3v) is 6.21. The molecule has 1 atom stereocenters. The minimum Gasteiger partial charge on any atom is -0.493 e. The van der Waals surface area contributed by atoms with Crippen LogP contribution in [-0.2, 0) is 17.6 Å². The van der Waals surface area contributed by atoms with Gasteiger partial charge in [0.15, 0.2) is 11.5 Å². The number of carbonyl (C=O) groups is 1. The fraction of sp³-hybridized carbons (Fsp3) is 0.480. The number of unbranched alkanes of at least 4 members (excludes halogenated alkanes) is 1. The smallest absolute Gasteiger partial charge is 0.311 e. The highest BCUT2D eigenvalue weighted by Gasteiger charge is 2.36. The maximum atomic E-state index is 12.5. The van der Waals surface area contributed by atoms with Crippen LogP contribution < -0.4 is 9.47 Å². The van der Waals surface area contributed by atoms with Crippen LogP contribution in [0.1, 0.15) is 62.3 Å².